The van der Waals surface area contributed by atoms with Crippen molar-refractivity contribution in [2.24, 2.45) is 0 Å². The molecular formula is C30H37N3O9S. The highest BCUT2D eigenvalue weighted by molar-refractivity contribution is 7.92. The molecule has 1 N–H and O–H groups in total. The topological polar surface area (TPSA) is 133 Å². The van der Waals surface area contributed by atoms with E-state index in [0.29, 0.717) is 22.8 Å². The average molecular weight is 616 g/mol. The first-order valence-corrected chi connectivity index (χ1v) is 14.6. The van der Waals surface area contributed by atoms with Crippen LogP contribution in [0.1, 0.15) is 12.5 Å². The Morgan fingerprint density at radius 1 is 0.791 bits per heavy atom. The van der Waals surface area contributed by atoms with E-state index in [4.69, 9.17) is 23.7 Å². The lowest BCUT2D eigenvalue weighted by molar-refractivity contribution is -0.139. The molecule has 43 heavy (non-hydrogen) atoms. The normalized spacial score (nSPS) is 11.6. The molecule has 1 atom stereocenters. The number of benzene rings is 3. The van der Waals surface area contributed by atoms with Gasteiger partial charge in [-0.1, -0.05) is 12.1 Å². The lowest BCUT2D eigenvalue weighted by Crippen LogP contribution is -2.50. The minimum absolute atomic E-state index is 0.00408. The van der Waals surface area contributed by atoms with E-state index in [2.05, 4.69) is 5.32 Å². The number of rotatable bonds is 14. The van der Waals surface area contributed by atoms with Crippen molar-refractivity contribution in [1.29, 1.82) is 0 Å². The molecule has 0 unspecified atom stereocenters. The highest BCUT2D eigenvalue weighted by Gasteiger charge is 2.34. The lowest BCUT2D eigenvalue weighted by Gasteiger charge is -2.32. The van der Waals surface area contributed by atoms with Crippen LogP contribution in [0.3, 0.4) is 0 Å². The number of carbonyl (C=O) groups excluding carboxylic acids is 2. The quantitative estimate of drug-likeness (QED) is 0.291. The second-order valence-electron chi connectivity index (χ2n) is 9.23. The van der Waals surface area contributed by atoms with Gasteiger partial charge in [-0.05, 0) is 48.9 Å². The summed E-state index contributed by atoms with van der Waals surface area (Å²) in [5, 5.41) is 2.55. The molecule has 0 radical (unpaired) electrons. The first kappa shape index (κ1) is 32.9. The van der Waals surface area contributed by atoms with Gasteiger partial charge in [0.2, 0.25) is 11.8 Å². The van der Waals surface area contributed by atoms with Crippen molar-refractivity contribution in [3.05, 3.63) is 66.2 Å². The van der Waals surface area contributed by atoms with Crippen LogP contribution in [0, 0.1) is 0 Å². The van der Waals surface area contributed by atoms with E-state index in [0.717, 1.165) is 4.31 Å². The lowest BCUT2D eigenvalue weighted by atomic mass is 10.1. The molecule has 0 heterocycles. The number of hydrogen-bond donors (Lipinski definition) is 1. The summed E-state index contributed by atoms with van der Waals surface area (Å²) >= 11 is 0. The zero-order chi connectivity index (χ0) is 31.7. The van der Waals surface area contributed by atoms with Crippen molar-refractivity contribution in [2.75, 3.05) is 53.4 Å². The molecule has 3 rings (SSSR count). The molecule has 13 heteroatoms. The van der Waals surface area contributed by atoms with Crippen LogP contribution in [-0.4, -0.2) is 80.3 Å². The molecule has 12 nitrogen and oxygen atoms in total. The monoisotopic (exact) mass is 615 g/mol. The van der Waals surface area contributed by atoms with Gasteiger partial charge in [0.05, 0.1) is 46.1 Å². The van der Waals surface area contributed by atoms with Gasteiger partial charge in [-0.2, -0.15) is 0 Å². The van der Waals surface area contributed by atoms with Crippen molar-refractivity contribution in [3.8, 4) is 28.7 Å². The Kier molecular flexibility index (Phi) is 11.1. The molecule has 0 saturated heterocycles. The molecule has 0 aromatic heterocycles. The number of amides is 2. The Morgan fingerprint density at radius 2 is 1.42 bits per heavy atom. The minimum Gasteiger partial charge on any atom is -0.497 e. The van der Waals surface area contributed by atoms with E-state index in [9.17, 15) is 18.0 Å². The summed E-state index contributed by atoms with van der Waals surface area (Å²) in [5.74, 6) is 0.514. The molecule has 3 aromatic rings. The molecule has 2 amide bonds. The number of sulfonamides is 1. The molecule has 0 bridgehead atoms. The van der Waals surface area contributed by atoms with Crippen molar-refractivity contribution in [2.45, 2.75) is 24.4 Å². The zero-order valence-electron chi connectivity index (χ0n) is 25.2. The van der Waals surface area contributed by atoms with Gasteiger partial charge in [0.1, 0.15) is 29.8 Å². The van der Waals surface area contributed by atoms with Gasteiger partial charge in [-0.15, -0.1) is 0 Å². The Balaban J connectivity index is 2.17. The summed E-state index contributed by atoms with van der Waals surface area (Å²) in [6.07, 6.45) is 0. The highest BCUT2D eigenvalue weighted by atomic mass is 32.2. The number of methoxy groups -OCH3 is 5. The van der Waals surface area contributed by atoms with Crippen LogP contribution < -0.4 is 33.3 Å². The maximum absolute atomic E-state index is 14.3. The van der Waals surface area contributed by atoms with E-state index in [-0.39, 0.29) is 28.6 Å². The molecule has 0 aliphatic rings. The van der Waals surface area contributed by atoms with Gasteiger partial charge in [0, 0.05) is 25.7 Å². The largest absolute Gasteiger partial charge is 0.497 e. The first-order valence-electron chi connectivity index (χ1n) is 13.1. The third-order valence-electron chi connectivity index (χ3n) is 6.78. The molecular weight excluding hydrogens is 578 g/mol. The standard InChI is InChI=1S/C30H37N3O9S/c1-20(30(35)31-2)32(18-21-9-8-10-22(15-21)38-3)29(34)19-33(25-16-23(39-4)11-13-26(25)40-5)43(36,37)24-12-14-27(41-6)28(17-24)42-7/h8-17,20H,18-19H2,1-7H3,(H,31,35)/t20-/m0/s1. The van der Waals surface area contributed by atoms with E-state index in [1.54, 1.807) is 37.3 Å². The Labute approximate surface area is 252 Å². The van der Waals surface area contributed by atoms with Crippen LogP contribution in [0.25, 0.3) is 0 Å². The number of nitrogens with one attached hydrogen (secondary N) is 1. The van der Waals surface area contributed by atoms with E-state index in [1.165, 1.54) is 77.8 Å². The summed E-state index contributed by atoms with van der Waals surface area (Å²) in [7, 11) is 4.18. The van der Waals surface area contributed by atoms with Gasteiger partial charge in [-0.25, -0.2) is 8.42 Å². The molecule has 0 fully saturated rings. The third kappa shape index (κ3) is 7.41. The van der Waals surface area contributed by atoms with Crippen LogP contribution in [-0.2, 0) is 26.2 Å². The molecule has 232 valence electrons. The van der Waals surface area contributed by atoms with Gasteiger partial charge >= 0.3 is 0 Å². The smallest absolute Gasteiger partial charge is 0.265 e. The van der Waals surface area contributed by atoms with E-state index < -0.39 is 34.4 Å². The third-order valence-corrected chi connectivity index (χ3v) is 8.53. The fraction of sp³-hybridized carbons (Fsp3) is 0.333. The number of carbonyl (C=O) groups is 2. The molecule has 0 spiro atoms. The summed E-state index contributed by atoms with van der Waals surface area (Å²) in [4.78, 5) is 28.0. The van der Waals surface area contributed by atoms with Gasteiger partial charge < -0.3 is 33.9 Å². The number of anilines is 1. The first-order chi connectivity index (χ1) is 20.5. The van der Waals surface area contributed by atoms with Crippen molar-refractivity contribution in [1.82, 2.24) is 10.2 Å². The number of nitrogens with zero attached hydrogens (tertiary/aromatic N) is 2. The molecule has 0 saturated carbocycles. The molecule has 0 aliphatic carbocycles. The summed E-state index contributed by atoms with van der Waals surface area (Å²) < 4.78 is 56.3. The Bertz CT molecular complexity index is 1550. The van der Waals surface area contributed by atoms with E-state index >= 15 is 0 Å². The molecule has 3 aromatic carbocycles. The summed E-state index contributed by atoms with van der Waals surface area (Å²) in [5.41, 5.74) is 0.732. The van der Waals surface area contributed by atoms with Crippen molar-refractivity contribution >= 4 is 27.5 Å². The highest BCUT2D eigenvalue weighted by Crippen LogP contribution is 2.37. The van der Waals surface area contributed by atoms with Crippen molar-refractivity contribution < 1.29 is 41.7 Å². The van der Waals surface area contributed by atoms with Gasteiger partial charge in [0.25, 0.3) is 10.0 Å². The summed E-state index contributed by atoms with van der Waals surface area (Å²) in [6, 6.07) is 14.8. The fourth-order valence-electron chi connectivity index (χ4n) is 4.37. The van der Waals surface area contributed by atoms with Crippen LogP contribution in [0.5, 0.6) is 28.7 Å². The maximum Gasteiger partial charge on any atom is 0.265 e. The number of hydrogen-bond acceptors (Lipinski definition) is 9. The Morgan fingerprint density at radius 3 is 2.02 bits per heavy atom. The number of likely N-dealkylation sites (N-methyl/N-ethyl adjacent to an activating group) is 1. The minimum atomic E-state index is -4.44. The Hall–Kier alpha value is -4.65. The maximum atomic E-state index is 14.3. The second kappa shape index (κ2) is 14.5. The zero-order valence-corrected chi connectivity index (χ0v) is 26.1. The average Bonchev–Trinajstić information content (AvgIpc) is 3.04. The van der Waals surface area contributed by atoms with Crippen LogP contribution in [0.4, 0.5) is 5.69 Å². The van der Waals surface area contributed by atoms with E-state index in [1.807, 2.05) is 0 Å². The molecule has 0 aliphatic heterocycles. The second-order valence-corrected chi connectivity index (χ2v) is 11.1. The SMILES string of the molecule is CNC(=O)[C@H](C)N(Cc1cccc(OC)c1)C(=O)CN(c1cc(OC)ccc1OC)S(=O)(=O)c1ccc(OC)c(OC)c1. The van der Waals surface area contributed by atoms with Gasteiger partial charge in [-0.3, -0.25) is 13.9 Å². The number of ether oxygens (including phenoxy) is 5. The van der Waals surface area contributed by atoms with Gasteiger partial charge in [0.15, 0.2) is 11.5 Å². The van der Waals surface area contributed by atoms with Crippen LogP contribution in [0.2, 0.25) is 0 Å². The fourth-order valence-corrected chi connectivity index (χ4v) is 5.80. The van der Waals surface area contributed by atoms with Crippen molar-refractivity contribution in [3.63, 3.8) is 0 Å². The van der Waals surface area contributed by atoms with Crippen LogP contribution in [0.15, 0.2) is 65.6 Å². The predicted octanol–water partition coefficient (Wildman–Crippen LogP) is 3.09. The van der Waals surface area contributed by atoms with Crippen LogP contribution >= 0.6 is 0 Å². The summed E-state index contributed by atoms with van der Waals surface area (Å²) in [6.45, 7) is 0.895. The predicted molar refractivity (Wildman–Crippen MR) is 161 cm³/mol.